The smallest absolute Gasteiger partial charge is 0.183 e. The standard InChI is InChI=1S/C8H13NO/c1-4-8-9-5-7(10-8)6(2)3/h7H,2,4-5H2,1,3H3. The van der Waals surface area contributed by atoms with E-state index < -0.39 is 0 Å². The van der Waals surface area contributed by atoms with Gasteiger partial charge in [0.25, 0.3) is 0 Å². The molecule has 56 valence electrons. The Balaban J connectivity index is 2.43. The van der Waals surface area contributed by atoms with Gasteiger partial charge in [-0.3, -0.25) is 4.99 Å². The fourth-order valence-electron chi connectivity index (χ4n) is 0.875. The molecule has 1 rings (SSSR count). The van der Waals surface area contributed by atoms with Gasteiger partial charge in [-0.05, 0) is 12.5 Å². The highest BCUT2D eigenvalue weighted by Gasteiger charge is 2.17. The van der Waals surface area contributed by atoms with E-state index in [9.17, 15) is 0 Å². The van der Waals surface area contributed by atoms with E-state index in [1.165, 1.54) is 0 Å². The summed E-state index contributed by atoms with van der Waals surface area (Å²) in [5, 5.41) is 0. The van der Waals surface area contributed by atoms with Gasteiger partial charge in [-0.15, -0.1) is 0 Å². The van der Waals surface area contributed by atoms with E-state index in [1.807, 2.05) is 13.8 Å². The molecular formula is C8H13NO. The summed E-state index contributed by atoms with van der Waals surface area (Å²) < 4.78 is 5.42. The van der Waals surface area contributed by atoms with Crippen LogP contribution in [-0.2, 0) is 4.74 Å². The zero-order valence-corrected chi connectivity index (χ0v) is 6.55. The van der Waals surface area contributed by atoms with Crippen LogP contribution in [0.15, 0.2) is 17.1 Å². The van der Waals surface area contributed by atoms with E-state index >= 15 is 0 Å². The van der Waals surface area contributed by atoms with Crippen molar-refractivity contribution in [2.24, 2.45) is 4.99 Å². The van der Waals surface area contributed by atoms with Crippen molar-refractivity contribution in [2.45, 2.75) is 26.4 Å². The molecule has 0 saturated carbocycles. The van der Waals surface area contributed by atoms with Crippen molar-refractivity contribution < 1.29 is 4.74 Å². The summed E-state index contributed by atoms with van der Waals surface area (Å²) >= 11 is 0. The maximum Gasteiger partial charge on any atom is 0.183 e. The predicted molar refractivity (Wildman–Crippen MR) is 42.3 cm³/mol. The molecule has 0 fully saturated rings. The van der Waals surface area contributed by atoms with Crippen LogP contribution in [0.2, 0.25) is 0 Å². The van der Waals surface area contributed by atoms with Crippen LogP contribution in [-0.4, -0.2) is 18.5 Å². The molecule has 0 spiro atoms. The molecule has 1 aliphatic rings. The minimum absolute atomic E-state index is 0.148. The fraction of sp³-hybridized carbons (Fsp3) is 0.625. The van der Waals surface area contributed by atoms with Gasteiger partial charge in [-0.25, -0.2) is 0 Å². The molecule has 1 unspecified atom stereocenters. The Kier molecular flexibility index (Phi) is 2.10. The van der Waals surface area contributed by atoms with Crippen LogP contribution in [0.5, 0.6) is 0 Å². The lowest BCUT2D eigenvalue weighted by molar-refractivity contribution is 0.256. The molecule has 2 heteroatoms. The molecule has 0 N–H and O–H groups in total. The van der Waals surface area contributed by atoms with Crippen molar-refractivity contribution in [1.82, 2.24) is 0 Å². The minimum Gasteiger partial charge on any atom is -0.471 e. The largest absolute Gasteiger partial charge is 0.471 e. The highest BCUT2D eigenvalue weighted by atomic mass is 16.5. The molecule has 0 aromatic heterocycles. The highest BCUT2D eigenvalue weighted by Crippen LogP contribution is 2.12. The summed E-state index contributed by atoms with van der Waals surface area (Å²) in [4.78, 5) is 4.19. The third-order valence-corrected chi connectivity index (χ3v) is 1.56. The highest BCUT2D eigenvalue weighted by molar-refractivity contribution is 5.77. The Bertz CT molecular complexity index is 172. The van der Waals surface area contributed by atoms with Crippen LogP contribution in [0.1, 0.15) is 20.3 Å². The minimum atomic E-state index is 0.148. The van der Waals surface area contributed by atoms with Crippen LogP contribution in [0.3, 0.4) is 0 Å². The first-order valence-corrected chi connectivity index (χ1v) is 3.59. The van der Waals surface area contributed by atoms with Crippen molar-refractivity contribution in [3.8, 4) is 0 Å². The van der Waals surface area contributed by atoms with Gasteiger partial charge in [-0.2, -0.15) is 0 Å². The SMILES string of the molecule is C=C(C)C1CN=C(CC)O1. The zero-order valence-electron chi connectivity index (χ0n) is 6.55. The average molecular weight is 139 g/mol. The van der Waals surface area contributed by atoms with E-state index in [0.29, 0.717) is 0 Å². The first-order valence-electron chi connectivity index (χ1n) is 3.59. The molecule has 0 saturated heterocycles. The maximum atomic E-state index is 5.42. The second-order valence-corrected chi connectivity index (χ2v) is 2.54. The van der Waals surface area contributed by atoms with E-state index in [0.717, 1.165) is 24.4 Å². The second-order valence-electron chi connectivity index (χ2n) is 2.54. The van der Waals surface area contributed by atoms with Crippen molar-refractivity contribution in [1.29, 1.82) is 0 Å². The van der Waals surface area contributed by atoms with Gasteiger partial charge in [-0.1, -0.05) is 13.5 Å². The van der Waals surface area contributed by atoms with Gasteiger partial charge in [0.15, 0.2) is 5.90 Å². The lowest BCUT2D eigenvalue weighted by atomic mass is 10.2. The number of hydrogen-bond donors (Lipinski definition) is 0. The molecule has 0 bridgehead atoms. The molecule has 0 amide bonds. The lowest BCUT2D eigenvalue weighted by Gasteiger charge is -2.08. The average Bonchev–Trinajstić information content (AvgIpc) is 2.34. The van der Waals surface area contributed by atoms with Gasteiger partial charge in [0.2, 0.25) is 0 Å². The van der Waals surface area contributed by atoms with Crippen molar-refractivity contribution >= 4 is 5.90 Å². The molecule has 1 atom stereocenters. The number of hydrogen-bond acceptors (Lipinski definition) is 2. The lowest BCUT2D eigenvalue weighted by Crippen LogP contribution is -2.12. The summed E-state index contributed by atoms with van der Waals surface area (Å²) in [6, 6.07) is 0. The van der Waals surface area contributed by atoms with E-state index in [2.05, 4.69) is 11.6 Å². The summed E-state index contributed by atoms with van der Waals surface area (Å²) in [7, 11) is 0. The van der Waals surface area contributed by atoms with Crippen LogP contribution in [0, 0.1) is 0 Å². The monoisotopic (exact) mass is 139 g/mol. The number of nitrogens with zero attached hydrogens (tertiary/aromatic N) is 1. The predicted octanol–water partition coefficient (Wildman–Crippen LogP) is 1.77. The summed E-state index contributed by atoms with van der Waals surface area (Å²) in [5.41, 5.74) is 1.06. The van der Waals surface area contributed by atoms with Gasteiger partial charge >= 0.3 is 0 Å². The van der Waals surface area contributed by atoms with E-state index in [4.69, 9.17) is 4.74 Å². The molecule has 0 aliphatic carbocycles. The van der Waals surface area contributed by atoms with Gasteiger partial charge in [0.1, 0.15) is 6.10 Å². The summed E-state index contributed by atoms with van der Waals surface area (Å²) in [5.74, 6) is 0.869. The fourth-order valence-corrected chi connectivity index (χ4v) is 0.875. The molecule has 0 aromatic carbocycles. The summed E-state index contributed by atoms with van der Waals surface area (Å²) in [6.45, 7) is 8.58. The van der Waals surface area contributed by atoms with E-state index in [-0.39, 0.29) is 6.10 Å². The quantitative estimate of drug-likeness (QED) is 0.534. The molecule has 2 nitrogen and oxygen atoms in total. The Labute approximate surface area is 61.6 Å². The molecular weight excluding hydrogens is 126 g/mol. The van der Waals surface area contributed by atoms with E-state index in [1.54, 1.807) is 0 Å². The molecule has 10 heavy (non-hydrogen) atoms. The van der Waals surface area contributed by atoms with Crippen LogP contribution in [0.25, 0.3) is 0 Å². The third kappa shape index (κ3) is 1.38. The second kappa shape index (κ2) is 2.86. The Morgan fingerprint density at radius 3 is 2.90 bits per heavy atom. The number of rotatable bonds is 2. The Morgan fingerprint density at radius 2 is 2.60 bits per heavy atom. The Morgan fingerprint density at radius 1 is 1.90 bits per heavy atom. The first kappa shape index (κ1) is 7.32. The Hall–Kier alpha value is -0.790. The van der Waals surface area contributed by atoms with Crippen molar-refractivity contribution in [3.63, 3.8) is 0 Å². The molecule has 1 aliphatic heterocycles. The van der Waals surface area contributed by atoms with Crippen molar-refractivity contribution in [3.05, 3.63) is 12.2 Å². The third-order valence-electron chi connectivity index (χ3n) is 1.56. The number of ether oxygens (including phenoxy) is 1. The van der Waals surface area contributed by atoms with Crippen LogP contribution < -0.4 is 0 Å². The van der Waals surface area contributed by atoms with Gasteiger partial charge in [0.05, 0.1) is 6.54 Å². The topological polar surface area (TPSA) is 21.6 Å². The zero-order chi connectivity index (χ0) is 7.56. The maximum absolute atomic E-state index is 5.42. The van der Waals surface area contributed by atoms with Gasteiger partial charge < -0.3 is 4.74 Å². The first-order chi connectivity index (χ1) is 4.74. The normalized spacial score (nSPS) is 23.8. The number of aliphatic imine (C=N–C) groups is 1. The molecule has 1 heterocycles. The van der Waals surface area contributed by atoms with Gasteiger partial charge in [0, 0.05) is 6.42 Å². The van der Waals surface area contributed by atoms with Crippen LogP contribution >= 0.6 is 0 Å². The van der Waals surface area contributed by atoms with Crippen LogP contribution in [0.4, 0.5) is 0 Å². The summed E-state index contributed by atoms with van der Waals surface area (Å²) in [6.07, 6.45) is 1.04. The molecule has 0 aromatic rings. The van der Waals surface area contributed by atoms with Crippen molar-refractivity contribution in [2.75, 3.05) is 6.54 Å². The molecule has 0 radical (unpaired) electrons.